The summed E-state index contributed by atoms with van der Waals surface area (Å²) in [6.45, 7) is 4.38. The molecule has 3 aliphatic heterocycles. The van der Waals surface area contributed by atoms with Crippen LogP contribution in [0.5, 0.6) is 0 Å². The number of likely N-dealkylation sites (N-methyl/N-ethyl adjacent to an activating group) is 1. The first kappa shape index (κ1) is 11.3. The van der Waals surface area contributed by atoms with Crippen LogP contribution in [0, 0.1) is 0 Å². The lowest BCUT2D eigenvalue weighted by atomic mass is 9.93. The second-order valence-corrected chi connectivity index (χ2v) is 5.52. The minimum absolute atomic E-state index is 0.0339. The van der Waals surface area contributed by atoms with Crippen LogP contribution in [0.15, 0.2) is 0 Å². The van der Waals surface area contributed by atoms with Crippen LogP contribution in [0.2, 0.25) is 0 Å². The van der Waals surface area contributed by atoms with Gasteiger partial charge in [-0.15, -0.1) is 0 Å². The van der Waals surface area contributed by atoms with E-state index < -0.39 is 0 Å². The minimum Gasteiger partial charge on any atom is -0.379 e. The highest BCUT2D eigenvalue weighted by molar-refractivity contribution is 5.78. The largest absolute Gasteiger partial charge is 0.379 e. The van der Waals surface area contributed by atoms with Crippen LogP contribution >= 0.6 is 0 Å². The van der Waals surface area contributed by atoms with Crippen LogP contribution in [0.3, 0.4) is 0 Å². The van der Waals surface area contributed by atoms with Crippen molar-refractivity contribution in [3.8, 4) is 0 Å². The molecule has 17 heavy (non-hydrogen) atoms. The average molecular weight is 239 g/mol. The van der Waals surface area contributed by atoms with Gasteiger partial charge in [-0.1, -0.05) is 0 Å². The van der Waals surface area contributed by atoms with E-state index in [0.29, 0.717) is 12.6 Å². The van der Waals surface area contributed by atoms with Crippen molar-refractivity contribution in [2.24, 2.45) is 0 Å². The second-order valence-electron chi connectivity index (χ2n) is 5.52. The van der Waals surface area contributed by atoms with Gasteiger partial charge in [-0.25, -0.2) is 4.79 Å². The van der Waals surface area contributed by atoms with Gasteiger partial charge in [0.2, 0.25) is 0 Å². The summed E-state index contributed by atoms with van der Waals surface area (Å²) in [6.07, 6.45) is 3.13. The van der Waals surface area contributed by atoms with Gasteiger partial charge >= 0.3 is 6.03 Å². The van der Waals surface area contributed by atoms with Crippen LogP contribution in [0.4, 0.5) is 4.79 Å². The first-order valence-electron chi connectivity index (χ1n) is 6.56. The fourth-order valence-corrected chi connectivity index (χ4v) is 3.49. The lowest BCUT2D eigenvalue weighted by Gasteiger charge is -2.40. The maximum atomic E-state index is 12.3. The predicted octanol–water partition coefficient (Wildman–Crippen LogP) is 0.265. The van der Waals surface area contributed by atoms with Crippen molar-refractivity contribution in [3.63, 3.8) is 0 Å². The van der Waals surface area contributed by atoms with Crippen LogP contribution in [-0.2, 0) is 4.74 Å². The Morgan fingerprint density at radius 2 is 2.18 bits per heavy atom. The third-order valence-corrected chi connectivity index (χ3v) is 4.33. The molecule has 0 aromatic carbocycles. The number of hydrogen-bond acceptors (Lipinski definition) is 3. The predicted molar refractivity (Wildman–Crippen MR) is 63.9 cm³/mol. The number of ether oxygens (including phenoxy) is 1. The number of hydrogen-bond donors (Lipinski definition) is 1. The zero-order chi connectivity index (χ0) is 11.9. The zero-order valence-electron chi connectivity index (χ0n) is 10.4. The summed E-state index contributed by atoms with van der Waals surface area (Å²) in [5.41, 5.74) is -0.0339. The zero-order valence-corrected chi connectivity index (χ0v) is 10.4. The molecule has 1 atom stereocenters. The third-order valence-electron chi connectivity index (χ3n) is 4.33. The molecule has 0 aliphatic carbocycles. The van der Waals surface area contributed by atoms with Gasteiger partial charge in [0.1, 0.15) is 0 Å². The van der Waals surface area contributed by atoms with Gasteiger partial charge in [0.05, 0.1) is 12.1 Å². The molecule has 2 amide bonds. The van der Waals surface area contributed by atoms with Gasteiger partial charge in [0, 0.05) is 26.2 Å². The summed E-state index contributed by atoms with van der Waals surface area (Å²) in [5.74, 6) is 0. The van der Waals surface area contributed by atoms with Gasteiger partial charge in [0.15, 0.2) is 0 Å². The van der Waals surface area contributed by atoms with Gasteiger partial charge in [-0.3, -0.25) is 0 Å². The molecule has 0 aromatic heterocycles. The van der Waals surface area contributed by atoms with Gasteiger partial charge in [-0.2, -0.15) is 0 Å². The topological polar surface area (TPSA) is 44.8 Å². The molecule has 3 aliphatic rings. The molecule has 0 bridgehead atoms. The van der Waals surface area contributed by atoms with Crippen LogP contribution < -0.4 is 5.32 Å². The Morgan fingerprint density at radius 3 is 2.82 bits per heavy atom. The van der Waals surface area contributed by atoms with Gasteiger partial charge < -0.3 is 19.9 Å². The minimum atomic E-state index is -0.0339. The van der Waals surface area contributed by atoms with Crippen molar-refractivity contribution in [3.05, 3.63) is 0 Å². The molecular weight excluding hydrogens is 218 g/mol. The highest BCUT2D eigenvalue weighted by atomic mass is 16.5. The Balaban J connectivity index is 1.85. The van der Waals surface area contributed by atoms with Crippen molar-refractivity contribution in [1.82, 2.24) is 15.1 Å². The number of carbonyl (C=O) groups is 1. The first-order chi connectivity index (χ1) is 8.23. The lowest BCUT2D eigenvalue weighted by molar-refractivity contribution is 0.0807. The number of nitrogens with one attached hydrogen (secondary N) is 1. The Kier molecular flexibility index (Phi) is 2.75. The molecule has 96 valence electrons. The average Bonchev–Trinajstić information content (AvgIpc) is 2.88. The number of amides is 2. The third kappa shape index (κ3) is 1.72. The molecule has 3 fully saturated rings. The molecule has 3 rings (SSSR count). The van der Waals surface area contributed by atoms with Gasteiger partial charge in [-0.05, 0) is 32.4 Å². The Hall–Kier alpha value is -0.810. The summed E-state index contributed by atoms with van der Waals surface area (Å²) >= 11 is 0. The van der Waals surface area contributed by atoms with E-state index in [1.807, 2.05) is 11.9 Å². The highest BCUT2D eigenvalue weighted by Gasteiger charge is 2.53. The molecule has 0 saturated carbocycles. The second kappa shape index (κ2) is 4.14. The van der Waals surface area contributed by atoms with E-state index in [1.165, 1.54) is 0 Å². The summed E-state index contributed by atoms with van der Waals surface area (Å²) < 4.78 is 5.56. The first-order valence-corrected chi connectivity index (χ1v) is 6.56. The quantitative estimate of drug-likeness (QED) is 0.714. The highest BCUT2D eigenvalue weighted by Crippen LogP contribution is 2.36. The van der Waals surface area contributed by atoms with Crippen molar-refractivity contribution >= 4 is 6.03 Å². The maximum absolute atomic E-state index is 12.3. The molecule has 1 spiro atoms. The number of rotatable bonds is 1. The molecule has 5 nitrogen and oxygen atoms in total. The lowest BCUT2D eigenvalue weighted by Crippen LogP contribution is -2.55. The Morgan fingerprint density at radius 1 is 1.41 bits per heavy atom. The van der Waals surface area contributed by atoms with Crippen molar-refractivity contribution in [2.45, 2.75) is 30.8 Å². The van der Waals surface area contributed by atoms with E-state index >= 15 is 0 Å². The van der Waals surface area contributed by atoms with Crippen molar-refractivity contribution in [1.29, 1.82) is 0 Å². The van der Waals surface area contributed by atoms with Crippen LogP contribution in [-0.4, -0.2) is 67.3 Å². The smallest absolute Gasteiger partial charge is 0.320 e. The molecular formula is C12H21N3O2. The monoisotopic (exact) mass is 239 g/mol. The van der Waals surface area contributed by atoms with E-state index in [9.17, 15) is 4.79 Å². The molecule has 5 heteroatoms. The molecule has 0 aromatic rings. The number of nitrogens with zero attached hydrogens (tertiary/aromatic N) is 2. The van der Waals surface area contributed by atoms with E-state index in [-0.39, 0.29) is 11.6 Å². The summed E-state index contributed by atoms with van der Waals surface area (Å²) in [5, 5.41) is 3.36. The number of urea groups is 1. The molecule has 3 saturated heterocycles. The van der Waals surface area contributed by atoms with Crippen molar-refractivity contribution < 1.29 is 9.53 Å². The van der Waals surface area contributed by atoms with Crippen molar-refractivity contribution in [2.75, 3.05) is 39.9 Å². The summed E-state index contributed by atoms with van der Waals surface area (Å²) in [4.78, 5) is 16.3. The standard InChI is InChI=1S/C12H21N3O2/c1-14-8-12(4-7-17-9-12)15(11(14)16)10-2-5-13-6-3-10/h10,13H,2-9H2,1H3/t12-/m1/s1. The number of carbonyl (C=O) groups excluding carboxylic acids is 1. The fourth-order valence-electron chi connectivity index (χ4n) is 3.49. The summed E-state index contributed by atoms with van der Waals surface area (Å²) in [7, 11) is 1.91. The van der Waals surface area contributed by atoms with E-state index in [4.69, 9.17) is 4.74 Å². The fraction of sp³-hybridized carbons (Fsp3) is 0.917. The normalized spacial score (nSPS) is 35.2. The Bertz CT molecular complexity index is 309. The van der Waals surface area contributed by atoms with E-state index in [2.05, 4.69) is 10.2 Å². The van der Waals surface area contributed by atoms with Crippen LogP contribution in [0.1, 0.15) is 19.3 Å². The van der Waals surface area contributed by atoms with Crippen LogP contribution in [0.25, 0.3) is 0 Å². The molecule has 3 heterocycles. The summed E-state index contributed by atoms with van der Waals surface area (Å²) in [6, 6.07) is 0.595. The molecule has 0 unspecified atom stereocenters. The van der Waals surface area contributed by atoms with E-state index in [0.717, 1.165) is 45.5 Å². The maximum Gasteiger partial charge on any atom is 0.320 e. The van der Waals surface area contributed by atoms with E-state index in [1.54, 1.807) is 0 Å². The molecule has 0 radical (unpaired) electrons. The number of piperidine rings is 1. The van der Waals surface area contributed by atoms with Gasteiger partial charge in [0.25, 0.3) is 0 Å². The molecule has 1 N–H and O–H groups in total. The Labute approximate surface area is 102 Å². The SMILES string of the molecule is CN1C[C@@]2(CCOC2)N(C2CCNCC2)C1=O.